The van der Waals surface area contributed by atoms with Gasteiger partial charge in [-0.15, -0.1) is 0 Å². The Morgan fingerprint density at radius 1 is 1.36 bits per heavy atom. The van der Waals surface area contributed by atoms with Crippen LogP contribution in [0.15, 0.2) is 18.6 Å². The fourth-order valence-corrected chi connectivity index (χ4v) is 1.15. The Labute approximate surface area is 64.7 Å². The Hall–Kier alpha value is -1.38. The molecule has 0 aromatic carbocycles. The number of fused-ring (bicyclic) bond motifs is 1. The van der Waals surface area contributed by atoms with Crippen LogP contribution in [0.3, 0.4) is 0 Å². The van der Waals surface area contributed by atoms with Crippen molar-refractivity contribution in [2.75, 3.05) is 0 Å². The van der Waals surface area contributed by atoms with Crippen LogP contribution >= 0.6 is 0 Å². The summed E-state index contributed by atoms with van der Waals surface area (Å²) in [4.78, 5) is 8.42. The molecule has 2 heterocycles. The van der Waals surface area contributed by atoms with Crippen molar-refractivity contribution in [3.8, 4) is 0 Å². The Morgan fingerprint density at radius 2 is 2.18 bits per heavy atom. The number of aromatic nitrogens is 3. The van der Waals surface area contributed by atoms with Crippen molar-refractivity contribution in [1.29, 1.82) is 0 Å². The minimum atomic E-state index is 0.949. The lowest BCUT2D eigenvalue weighted by Gasteiger charge is -1.93. The van der Waals surface area contributed by atoms with E-state index in [0.29, 0.717) is 0 Å². The molecule has 0 saturated heterocycles. The molecular formula is C8H9N3. The fraction of sp³-hybridized carbons (Fsp3) is 0.250. The van der Waals surface area contributed by atoms with E-state index >= 15 is 0 Å². The highest BCUT2D eigenvalue weighted by Gasteiger charge is 2.01. The highest BCUT2D eigenvalue weighted by molar-refractivity contribution is 5.74. The normalized spacial score (nSPS) is 10.7. The van der Waals surface area contributed by atoms with Crippen LogP contribution in [0.2, 0.25) is 0 Å². The van der Waals surface area contributed by atoms with Gasteiger partial charge in [0.25, 0.3) is 0 Å². The number of rotatable bonds is 0. The Balaban J connectivity index is 2.94. The van der Waals surface area contributed by atoms with Crippen molar-refractivity contribution < 1.29 is 0 Å². The lowest BCUT2D eigenvalue weighted by molar-refractivity contribution is 0.931. The van der Waals surface area contributed by atoms with E-state index in [1.165, 1.54) is 5.56 Å². The van der Waals surface area contributed by atoms with E-state index in [0.717, 1.165) is 11.2 Å². The first-order valence-corrected chi connectivity index (χ1v) is 3.51. The van der Waals surface area contributed by atoms with Gasteiger partial charge in [-0.25, -0.2) is 9.97 Å². The van der Waals surface area contributed by atoms with Gasteiger partial charge >= 0.3 is 0 Å². The lowest BCUT2D eigenvalue weighted by atomic mass is 10.3. The molecule has 0 aliphatic rings. The molecule has 0 aliphatic carbocycles. The summed E-state index contributed by atoms with van der Waals surface area (Å²) >= 11 is 0. The summed E-state index contributed by atoms with van der Waals surface area (Å²) in [6.07, 6.45) is 3.59. The number of hydrogen-bond donors (Lipinski definition) is 0. The van der Waals surface area contributed by atoms with E-state index in [-0.39, 0.29) is 0 Å². The quantitative estimate of drug-likeness (QED) is 0.562. The molecule has 3 heteroatoms. The largest absolute Gasteiger partial charge is 0.318 e. The molecule has 0 amide bonds. The van der Waals surface area contributed by atoms with Crippen LogP contribution in [0.1, 0.15) is 5.56 Å². The van der Waals surface area contributed by atoms with Gasteiger partial charge in [0.1, 0.15) is 5.52 Å². The minimum Gasteiger partial charge on any atom is -0.318 e. The second-order valence-electron chi connectivity index (χ2n) is 2.66. The summed E-state index contributed by atoms with van der Waals surface area (Å²) < 4.78 is 1.92. The van der Waals surface area contributed by atoms with Crippen molar-refractivity contribution in [3.05, 3.63) is 24.2 Å². The maximum absolute atomic E-state index is 4.22. The zero-order valence-corrected chi connectivity index (χ0v) is 6.57. The number of nitrogens with zero attached hydrogens (tertiary/aromatic N) is 3. The SMILES string of the molecule is Cc1ccnc2c1ncn2C. The highest BCUT2D eigenvalue weighted by Crippen LogP contribution is 2.11. The summed E-state index contributed by atoms with van der Waals surface area (Å²) in [6, 6.07) is 1.97. The first-order chi connectivity index (χ1) is 5.29. The average molecular weight is 147 g/mol. The van der Waals surface area contributed by atoms with E-state index in [1.54, 1.807) is 12.5 Å². The summed E-state index contributed by atoms with van der Waals surface area (Å²) in [5.41, 5.74) is 3.12. The third-order valence-corrected chi connectivity index (χ3v) is 1.80. The molecule has 0 unspecified atom stereocenters. The van der Waals surface area contributed by atoms with E-state index in [9.17, 15) is 0 Å². The maximum atomic E-state index is 4.22. The predicted molar refractivity (Wildman–Crippen MR) is 43.2 cm³/mol. The van der Waals surface area contributed by atoms with Crippen LogP contribution in [0.25, 0.3) is 11.2 Å². The average Bonchev–Trinajstić information content (AvgIpc) is 2.35. The van der Waals surface area contributed by atoms with Crippen LogP contribution in [0, 0.1) is 6.92 Å². The van der Waals surface area contributed by atoms with E-state index in [2.05, 4.69) is 9.97 Å². The molecule has 0 saturated carbocycles. The molecule has 2 aromatic rings. The topological polar surface area (TPSA) is 30.7 Å². The van der Waals surface area contributed by atoms with Crippen molar-refractivity contribution in [1.82, 2.24) is 14.5 Å². The molecule has 0 fully saturated rings. The molecule has 0 spiro atoms. The van der Waals surface area contributed by atoms with Crippen LogP contribution in [0.5, 0.6) is 0 Å². The summed E-state index contributed by atoms with van der Waals surface area (Å²) in [7, 11) is 1.95. The molecular weight excluding hydrogens is 138 g/mol. The van der Waals surface area contributed by atoms with Gasteiger partial charge in [0.15, 0.2) is 5.65 Å². The first kappa shape index (κ1) is 6.34. The number of hydrogen-bond acceptors (Lipinski definition) is 2. The van der Waals surface area contributed by atoms with Crippen molar-refractivity contribution >= 4 is 11.2 Å². The fourth-order valence-electron chi connectivity index (χ4n) is 1.15. The van der Waals surface area contributed by atoms with Crippen LogP contribution in [-0.4, -0.2) is 14.5 Å². The Bertz CT molecular complexity index is 389. The van der Waals surface area contributed by atoms with Crippen molar-refractivity contribution in [2.24, 2.45) is 7.05 Å². The molecule has 56 valence electrons. The third kappa shape index (κ3) is 0.808. The number of aryl methyl sites for hydroxylation is 2. The second-order valence-corrected chi connectivity index (χ2v) is 2.66. The highest BCUT2D eigenvalue weighted by atomic mass is 15.1. The Kier molecular flexibility index (Phi) is 1.18. The minimum absolute atomic E-state index is 0.949. The monoisotopic (exact) mass is 147 g/mol. The summed E-state index contributed by atoms with van der Waals surface area (Å²) in [5, 5.41) is 0. The second kappa shape index (κ2) is 2.05. The maximum Gasteiger partial charge on any atom is 0.159 e. The molecule has 0 aliphatic heterocycles. The van der Waals surface area contributed by atoms with Gasteiger partial charge in [-0.3, -0.25) is 0 Å². The molecule has 0 bridgehead atoms. The molecule has 3 nitrogen and oxygen atoms in total. The van der Waals surface area contributed by atoms with Gasteiger partial charge in [0, 0.05) is 13.2 Å². The number of pyridine rings is 1. The molecule has 0 N–H and O–H groups in total. The number of imidazole rings is 1. The van der Waals surface area contributed by atoms with Crippen LogP contribution < -0.4 is 0 Å². The van der Waals surface area contributed by atoms with Crippen molar-refractivity contribution in [2.45, 2.75) is 6.92 Å². The van der Waals surface area contributed by atoms with Crippen LogP contribution in [0.4, 0.5) is 0 Å². The molecule has 11 heavy (non-hydrogen) atoms. The van der Waals surface area contributed by atoms with E-state index in [1.807, 2.05) is 24.6 Å². The zero-order chi connectivity index (χ0) is 7.84. The molecule has 2 rings (SSSR count). The summed E-state index contributed by atoms with van der Waals surface area (Å²) in [5.74, 6) is 0. The van der Waals surface area contributed by atoms with Gasteiger partial charge in [-0.2, -0.15) is 0 Å². The summed E-state index contributed by atoms with van der Waals surface area (Å²) in [6.45, 7) is 2.04. The van der Waals surface area contributed by atoms with Gasteiger partial charge in [-0.1, -0.05) is 0 Å². The van der Waals surface area contributed by atoms with Gasteiger partial charge < -0.3 is 4.57 Å². The standard InChI is InChI=1S/C8H9N3/c1-6-3-4-9-8-7(6)10-5-11(8)2/h3-5H,1-2H3. The third-order valence-electron chi connectivity index (χ3n) is 1.80. The van der Waals surface area contributed by atoms with Crippen molar-refractivity contribution in [3.63, 3.8) is 0 Å². The van der Waals surface area contributed by atoms with E-state index < -0.39 is 0 Å². The van der Waals surface area contributed by atoms with E-state index in [4.69, 9.17) is 0 Å². The lowest BCUT2D eigenvalue weighted by Crippen LogP contribution is -1.87. The molecule has 0 radical (unpaired) electrons. The molecule has 0 atom stereocenters. The molecule has 2 aromatic heterocycles. The first-order valence-electron chi connectivity index (χ1n) is 3.51. The van der Waals surface area contributed by atoms with Gasteiger partial charge in [0.2, 0.25) is 0 Å². The van der Waals surface area contributed by atoms with Gasteiger partial charge in [0.05, 0.1) is 6.33 Å². The zero-order valence-electron chi connectivity index (χ0n) is 6.57. The predicted octanol–water partition coefficient (Wildman–Crippen LogP) is 1.28. The Morgan fingerprint density at radius 3 is 2.91 bits per heavy atom. The van der Waals surface area contributed by atoms with Gasteiger partial charge in [-0.05, 0) is 18.6 Å². The smallest absolute Gasteiger partial charge is 0.159 e. The van der Waals surface area contributed by atoms with Crippen LogP contribution in [-0.2, 0) is 7.05 Å².